The molecule has 0 aliphatic heterocycles. The van der Waals surface area contributed by atoms with E-state index >= 15 is 0 Å². The molecule has 0 saturated carbocycles. The standard InChI is InChI=1S/C18H14FN7O5/c19-13-6-4-11(5-7-13)9-20-16-15(26(30)31)17(22-10-21-16)23-24-18(27)12-2-1-3-14(8-12)25(28)29/h1-8,10H,9H2,(H,24,27)(H2,20,21,22,23). The van der Waals surface area contributed by atoms with E-state index < -0.39 is 27.3 Å². The van der Waals surface area contributed by atoms with Gasteiger partial charge in [0.15, 0.2) is 0 Å². The van der Waals surface area contributed by atoms with E-state index in [1.807, 2.05) is 0 Å². The van der Waals surface area contributed by atoms with Crippen molar-refractivity contribution in [2.75, 3.05) is 10.7 Å². The van der Waals surface area contributed by atoms with Crippen LogP contribution in [-0.4, -0.2) is 25.7 Å². The number of non-ortho nitro benzene ring substituents is 1. The van der Waals surface area contributed by atoms with Gasteiger partial charge in [0.2, 0.25) is 11.6 Å². The molecule has 1 aromatic heterocycles. The maximum absolute atomic E-state index is 13.0. The average Bonchev–Trinajstić information content (AvgIpc) is 2.76. The Bertz CT molecular complexity index is 1140. The Morgan fingerprint density at radius 3 is 2.39 bits per heavy atom. The van der Waals surface area contributed by atoms with Gasteiger partial charge in [-0.05, 0) is 23.8 Å². The van der Waals surface area contributed by atoms with Gasteiger partial charge in [0.05, 0.1) is 9.85 Å². The molecule has 31 heavy (non-hydrogen) atoms. The van der Waals surface area contributed by atoms with Crippen LogP contribution in [0.15, 0.2) is 54.9 Å². The van der Waals surface area contributed by atoms with Gasteiger partial charge in [0.25, 0.3) is 11.6 Å². The summed E-state index contributed by atoms with van der Waals surface area (Å²) in [6.45, 7) is 0.123. The summed E-state index contributed by atoms with van der Waals surface area (Å²) in [4.78, 5) is 40.8. The predicted octanol–water partition coefficient (Wildman–Crippen LogP) is 2.80. The fourth-order valence-electron chi connectivity index (χ4n) is 2.51. The summed E-state index contributed by atoms with van der Waals surface area (Å²) in [5.41, 5.74) is 4.34. The van der Waals surface area contributed by atoms with E-state index in [1.54, 1.807) is 0 Å². The number of nitro groups is 2. The summed E-state index contributed by atoms with van der Waals surface area (Å²) in [5, 5.41) is 25.1. The van der Waals surface area contributed by atoms with Gasteiger partial charge in [-0.25, -0.2) is 14.4 Å². The fraction of sp³-hybridized carbons (Fsp3) is 0.0556. The Morgan fingerprint density at radius 2 is 1.71 bits per heavy atom. The number of aromatic nitrogens is 2. The lowest BCUT2D eigenvalue weighted by Crippen LogP contribution is -2.30. The predicted molar refractivity (Wildman–Crippen MR) is 107 cm³/mol. The number of anilines is 2. The molecule has 0 bridgehead atoms. The molecule has 0 unspecified atom stereocenters. The minimum atomic E-state index is -0.766. The monoisotopic (exact) mass is 427 g/mol. The molecule has 1 heterocycles. The molecule has 0 fully saturated rings. The molecule has 0 aliphatic carbocycles. The van der Waals surface area contributed by atoms with Gasteiger partial charge in [-0.2, -0.15) is 0 Å². The van der Waals surface area contributed by atoms with E-state index in [-0.39, 0.29) is 29.4 Å². The van der Waals surface area contributed by atoms with Crippen molar-refractivity contribution < 1.29 is 19.0 Å². The van der Waals surface area contributed by atoms with Gasteiger partial charge in [-0.3, -0.25) is 35.9 Å². The van der Waals surface area contributed by atoms with E-state index in [0.717, 1.165) is 12.4 Å². The minimum Gasteiger partial charge on any atom is -0.360 e. The van der Waals surface area contributed by atoms with Crippen molar-refractivity contribution in [3.63, 3.8) is 0 Å². The first kappa shape index (κ1) is 21.0. The number of hydrazine groups is 1. The highest BCUT2D eigenvalue weighted by molar-refractivity contribution is 5.95. The molecular weight excluding hydrogens is 413 g/mol. The van der Waals surface area contributed by atoms with Crippen LogP contribution in [0.3, 0.4) is 0 Å². The van der Waals surface area contributed by atoms with Crippen molar-refractivity contribution in [1.82, 2.24) is 15.4 Å². The topological polar surface area (TPSA) is 165 Å². The van der Waals surface area contributed by atoms with Gasteiger partial charge in [-0.1, -0.05) is 18.2 Å². The summed E-state index contributed by atoms with van der Waals surface area (Å²) < 4.78 is 13.0. The summed E-state index contributed by atoms with van der Waals surface area (Å²) >= 11 is 0. The maximum atomic E-state index is 13.0. The highest BCUT2D eigenvalue weighted by atomic mass is 19.1. The first-order valence-corrected chi connectivity index (χ1v) is 8.63. The highest BCUT2D eigenvalue weighted by Crippen LogP contribution is 2.28. The van der Waals surface area contributed by atoms with Crippen LogP contribution in [0.1, 0.15) is 15.9 Å². The third-order valence-electron chi connectivity index (χ3n) is 3.99. The third kappa shape index (κ3) is 5.23. The molecular formula is C18H14FN7O5. The zero-order chi connectivity index (χ0) is 22.4. The van der Waals surface area contributed by atoms with Crippen LogP contribution in [0, 0.1) is 26.0 Å². The third-order valence-corrected chi connectivity index (χ3v) is 3.99. The molecule has 158 valence electrons. The molecule has 0 saturated heterocycles. The lowest BCUT2D eigenvalue weighted by Gasteiger charge is -2.11. The van der Waals surface area contributed by atoms with E-state index in [9.17, 15) is 29.4 Å². The van der Waals surface area contributed by atoms with Crippen LogP contribution in [0.4, 0.5) is 27.4 Å². The number of benzene rings is 2. The van der Waals surface area contributed by atoms with Crippen molar-refractivity contribution in [3.8, 4) is 0 Å². The van der Waals surface area contributed by atoms with Crippen LogP contribution >= 0.6 is 0 Å². The number of hydrogen-bond donors (Lipinski definition) is 3. The van der Waals surface area contributed by atoms with Crippen molar-refractivity contribution in [2.24, 2.45) is 0 Å². The van der Waals surface area contributed by atoms with E-state index in [0.29, 0.717) is 5.56 Å². The molecule has 0 aliphatic rings. The molecule has 0 spiro atoms. The Morgan fingerprint density at radius 1 is 1.00 bits per heavy atom. The van der Waals surface area contributed by atoms with E-state index in [4.69, 9.17) is 0 Å². The van der Waals surface area contributed by atoms with Gasteiger partial charge in [0, 0.05) is 24.2 Å². The second-order valence-corrected chi connectivity index (χ2v) is 6.04. The second kappa shape index (κ2) is 9.21. The Kier molecular flexibility index (Phi) is 6.25. The molecule has 3 rings (SSSR count). The molecule has 0 atom stereocenters. The van der Waals surface area contributed by atoms with Gasteiger partial charge >= 0.3 is 5.69 Å². The van der Waals surface area contributed by atoms with Crippen LogP contribution < -0.4 is 16.2 Å². The summed E-state index contributed by atoms with van der Waals surface area (Å²) in [5.74, 6) is -1.61. The van der Waals surface area contributed by atoms with Crippen molar-refractivity contribution in [1.29, 1.82) is 0 Å². The van der Waals surface area contributed by atoms with E-state index in [2.05, 4.69) is 26.1 Å². The molecule has 12 nitrogen and oxygen atoms in total. The lowest BCUT2D eigenvalue weighted by atomic mass is 10.2. The summed E-state index contributed by atoms with van der Waals surface area (Å²) in [6, 6.07) is 10.5. The number of amides is 1. The second-order valence-electron chi connectivity index (χ2n) is 6.04. The van der Waals surface area contributed by atoms with Gasteiger partial charge < -0.3 is 5.32 Å². The van der Waals surface area contributed by atoms with Gasteiger partial charge in [0.1, 0.15) is 12.1 Å². The quantitative estimate of drug-likeness (QED) is 0.362. The zero-order valence-electron chi connectivity index (χ0n) is 15.6. The van der Waals surface area contributed by atoms with Crippen LogP contribution in [0.25, 0.3) is 0 Å². The number of nitrogens with zero attached hydrogens (tertiary/aromatic N) is 4. The number of carbonyl (C=O) groups excluding carboxylic acids is 1. The summed E-state index contributed by atoms with van der Waals surface area (Å²) in [6.07, 6.45) is 1.04. The number of nitro benzene ring substituents is 1. The normalized spacial score (nSPS) is 10.2. The molecule has 2 aromatic carbocycles. The summed E-state index contributed by atoms with van der Waals surface area (Å²) in [7, 11) is 0. The van der Waals surface area contributed by atoms with Crippen LogP contribution in [0.5, 0.6) is 0 Å². The largest absolute Gasteiger partial charge is 0.360 e. The van der Waals surface area contributed by atoms with Crippen molar-refractivity contribution >= 4 is 28.9 Å². The molecule has 3 N–H and O–H groups in total. The number of halogens is 1. The zero-order valence-corrected chi connectivity index (χ0v) is 15.6. The maximum Gasteiger partial charge on any atom is 0.354 e. The Balaban J connectivity index is 1.75. The van der Waals surface area contributed by atoms with E-state index in [1.165, 1.54) is 42.5 Å². The number of rotatable bonds is 8. The molecule has 3 aromatic rings. The number of hydrogen-bond acceptors (Lipinski definition) is 9. The smallest absolute Gasteiger partial charge is 0.354 e. The SMILES string of the molecule is O=C(NNc1ncnc(NCc2ccc(F)cc2)c1[N+](=O)[O-])c1cccc([N+](=O)[O-])c1. The van der Waals surface area contributed by atoms with Crippen LogP contribution in [0.2, 0.25) is 0 Å². The number of carbonyl (C=O) groups is 1. The Hall–Kier alpha value is -4.68. The van der Waals surface area contributed by atoms with Crippen molar-refractivity contribution in [2.45, 2.75) is 6.54 Å². The van der Waals surface area contributed by atoms with Crippen molar-refractivity contribution in [3.05, 3.63) is 92.0 Å². The Labute approximate surface area is 173 Å². The van der Waals surface area contributed by atoms with Crippen LogP contribution in [-0.2, 0) is 6.54 Å². The van der Waals surface area contributed by atoms with Gasteiger partial charge in [-0.15, -0.1) is 0 Å². The molecule has 0 radical (unpaired) electrons. The number of nitrogens with one attached hydrogen (secondary N) is 3. The fourth-order valence-corrected chi connectivity index (χ4v) is 2.51. The first-order valence-electron chi connectivity index (χ1n) is 8.63. The lowest BCUT2D eigenvalue weighted by molar-refractivity contribution is -0.384. The molecule has 13 heteroatoms. The molecule has 1 amide bonds. The first-order chi connectivity index (χ1) is 14.8. The average molecular weight is 427 g/mol. The minimum absolute atomic E-state index is 0.0342. The highest BCUT2D eigenvalue weighted by Gasteiger charge is 2.23.